The van der Waals surface area contributed by atoms with Crippen LogP contribution >= 0.6 is 0 Å². The number of ether oxygens (including phenoxy) is 2. The van der Waals surface area contributed by atoms with Gasteiger partial charge >= 0.3 is 0 Å². The lowest BCUT2D eigenvalue weighted by Crippen LogP contribution is -2.44. The maximum Gasteiger partial charge on any atom is 0.225 e. The molecule has 0 aromatic heterocycles. The van der Waals surface area contributed by atoms with Gasteiger partial charge in [-0.2, -0.15) is 0 Å². The maximum atomic E-state index is 12.2. The van der Waals surface area contributed by atoms with Gasteiger partial charge in [-0.15, -0.1) is 0 Å². The van der Waals surface area contributed by atoms with Crippen LogP contribution in [0, 0.1) is 17.3 Å². The van der Waals surface area contributed by atoms with E-state index in [-0.39, 0.29) is 23.2 Å². The maximum absolute atomic E-state index is 12.2. The summed E-state index contributed by atoms with van der Waals surface area (Å²) in [6, 6.07) is 0. The molecule has 3 rings (SSSR count). The van der Waals surface area contributed by atoms with E-state index in [2.05, 4.69) is 13.8 Å². The fourth-order valence-corrected chi connectivity index (χ4v) is 2.99. The third-order valence-electron chi connectivity index (χ3n) is 4.28. The third kappa shape index (κ3) is 1.95. The van der Waals surface area contributed by atoms with Crippen LogP contribution in [0.25, 0.3) is 0 Å². The fourth-order valence-electron chi connectivity index (χ4n) is 2.99. The Bertz CT molecular complexity index is 388. The van der Waals surface area contributed by atoms with Gasteiger partial charge in [-0.05, 0) is 12.8 Å². The van der Waals surface area contributed by atoms with E-state index in [0.717, 1.165) is 19.4 Å². The number of rotatable bonds is 1. The summed E-state index contributed by atoms with van der Waals surface area (Å²) in [5, 5.41) is 0. The van der Waals surface area contributed by atoms with E-state index in [9.17, 15) is 4.79 Å². The molecule has 1 aliphatic carbocycles. The van der Waals surface area contributed by atoms with Crippen LogP contribution in [0.4, 0.5) is 0 Å². The van der Waals surface area contributed by atoms with Crippen LogP contribution in [-0.4, -0.2) is 43.4 Å². The molecule has 0 N–H and O–H groups in total. The molecule has 4 heteroatoms. The Morgan fingerprint density at radius 2 is 2.06 bits per heavy atom. The second-order valence-electron chi connectivity index (χ2n) is 6.66. The summed E-state index contributed by atoms with van der Waals surface area (Å²) in [5.41, 5.74) is 0.00543. The Labute approximate surface area is 110 Å². The molecule has 0 bridgehead atoms. The van der Waals surface area contributed by atoms with Gasteiger partial charge in [0.15, 0.2) is 5.79 Å². The van der Waals surface area contributed by atoms with Crippen molar-refractivity contribution >= 4 is 5.91 Å². The Morgan fingerprint density at radius 1 is 1.39 bits per heavy atom. The largest absolute Gasteiger partial charge is 0.349 e. The first-order chi connectivity index (χ1) is 8.87. The lowest BCUT2D eigenvalue weighted by molar-refractivity contribution is -0.253. The predicted molar refractivity (Wildman–Crippen MR) is 66.9 cm³/mol. The highest BCUT2D eigenvalue weighted by molar-refractivity contribution is 5.80. The van der Waals surface area contributed by atoms with Crippen molar-refractivity contribution in [2.75, 3.05) is 26.8 Å². The average molecular weight is 254 g/mol. The number of hydrogen-bond acceptors (Lipinski definition) is 3. The monoisotopic (exact) mass is 254 g/mol. The minimum absolute atomic E-state index is 0.00543. The van der Waals surface area contributed by atoms with E-state index >= 15 is 0 Å². The van der Waals surface area contributed by atoms with E-state index < -0.39 is 12.2 Å². The summed E-state index contributed by atoms with van der Waals surface area (Å²) in [5.74, 6) is -0.822. The third-order valence-corrected chi connectivity index (χ3v) is 4.28. The first-order valence-electron chi connectivity index (χ1n) is 7.40. The normalized spacial score (nSPS) is 42.8. The Hall–Kier alpha value is -0.610. The molecule has 4 nitrogen and oxygen atoms in total. The van der Waals surface area contributed by atoms with Crippen LogP contribution in [0.5, 0.6) is 0 Å². The van der Waals surface area contributed by atoms with Crippen molar-refractivity contribution in [1.82, 2.24) is 4.90 Å². The minimum Gasteiger partial charge on any atom is -0.349 e. The van der Waals surface area contributed by atoms with Crippen molar-refractivity contribution < 1.29 is 15.6 Å². The quantitative estimate of drug-likeness (QED) is 0.714. The highest BCUT2D eigenvalue weighted by Crippen LogP contribution is 2.56. The van der Waals surface area contributed by atoms with Crippen molar-refractivity contribution in [3.05, 3.63) is 0 Å². The van der Waals surface area contributed by atoms with Crippen LogP contribution < -0.4 is 0 Å². The van der Waals surface area contributed by atoms with E-state index in [1.54, 1.807) is 4.90 Å². The summed E-state index contributed by atoms with van der Waals surface area (Å²) in [6.07, 6.45) is 1.46. The lowest BCUT2D eigenvalue weighted by atomic mass is 9.91. The van der Waals surface area contributed by atoms with Crippen LogP contribution in [0.15, 0.2) is 0 Å². The second kappa shape index (κ2) is 3.94. The number of hydrogen-bond donors (Lipinski definition) is 0. The Morgan fingerprint density at radius 3 is 2.72 bits per heavy atom. The molecule has 1 spiro atoms. The molecule has 1 saturated carbocycles. The van der Waals surface area contributed by atoms with Crippen molar-refractivity contribution in [2.45, 2.75) is 38.9 Å². The standard InChI is InChI=1S/C14H23NO3/c1-13(2)8-17-14(18-9-13)7-11(14)10-5-4-6-15(3)12(10)16/h10-11H,4-9H2,1-3H3/t10-,11+/m0/s1/i7D/t7-,10+,11-/m1. The molecule has 3 fully saturated rings. The number of carbonyl (C=O) groups excluding carboxylic acids is 1. The van der Waals surface area contributed by atoms with Crippen molar-refractivity contribution in [3.8, 4) is 0 Å². The molecule has 2 saturated heterocycles. The van der Waals surface area contributed by atoms with Gasteiger partial charge in [-0.25, -0.2) is 0 Å². The molecule has 18 heavy (non-hydrogen) atoms. The van der Waals surface area contributed by atoms with Crippen molar-refractivity contribution in [3.63, 3.8) is 0 Å². The number of likely N-dealkylation sites (tertiary alicyclic amines) is 1. The molecule has 0 aromatic carbocycles. The summed E-state index contributed by atoms with van der Waals surface area (Å²) < 4.78 is 19.9. The number of amides is 1. The summed E-state index contributed by atoms with van der Waals surface area (Å²) in [6.45, 7) is 6.23. The van der Waals surface area contributed by atoms with E-state index in [0.29, 0.717) is 13.2 Å². The first kappa shape index (κ1) is 11.2. The van der Waals surface area contributed by atoms with Gasteiger partial charge in [0.2, 0.25) is 5.91 Å². The van der Waals surface area contributed by atoms with Gasteiger partial charge in [0, 0.05) is 38.6 Å². The Balaban J connectivity index is 1.72. The second-order valence-corrected chi connectivity index (χ2v) is 6.66. The van der Waals surface area contributed by atoms with E-state index in [1.165, 1.54) is 0 Å². The number of piperidine rings is 1. The predicted octanol–water partition coefficient (Wildman–Crippen LogP) is 1.64. The molecule has 3 atom stereocenters. The Kier molecular flexibility index (Phi) is 2.46. The van der Waals surface area contributed by atoms with Gasteiger partial charge in [0.1, 0.15) is 0 Å². The fraction of sp³-hybridized carbons (Fsp3) is 0.929. The van der Waals surface area contributed by atoms with Crippen molar-refractivity contribution in [2.24, 2.45) is 17.3 Å². The average Bonchev–Trinajstić information content (AvgIpc) is 2.92. The molecular weight excluding hydrogens is 230 g/mol. The number of nitrogens with zero attached hydrogens (tertiary/aromatic N) is 1. The molecule has 2 aliphatic heterocycles. The van der Waals surface area contributed by atoms with Gasteiger partial charge in [0.05, 0.1) is 13.2 Å². The van der Waals surface area contributed by atoms with E-state index in [1.807, 2.05) is 7.05 Å². The lowest BCUT2D eigenvalue weighted by Gasteiger charge is -2.37. The van der Waals surface area contributed by atoms with Crippen LogP contribution in [0.1, 0.15) is 34.5 Å². The highest BCUT2D eigenvalue weighted by Gasteiger charge is 2.64. The minimum atomic E-state index is -0.798. The summed E-state index contributed by atoms with van der Waals surface area (Å²) in [4.78, 5) is 14.0. The SMILES string of the molecule is [2H][C@@H]1[C@H]([C@@H]2CCCN(C)C2=O)C12OCC(C)(C)CO2. The van der Waals surface area contributed by atoms with Crippen molar-refractivity contribution in [1.29, 1.82) is 0 Å². The zero-order valence-electron chi connectivity index (χ0n) is 12.4. The zero-order chi connectivity index (χ0) is 13.8. The highest BCUT2D eigenvalue weighted by atomic mass is 16.7. The van der Waals surface area contributed by atoms with Crippen LogP contribution in [0.2, 0.25) is 0 Å². The van der Waals surface area contributed by atoms with E-state index in [4.69, 9.17) is 10.8 Å². The topological polar surface area (TPSA) is 38.8 Å². The molecule has 1 amide bonds. The molecule has 3 aliphatic rings. The smallest absolute Gasteiger partial charge is 0.225 e. The zero-order valence-corrected chi connectivity index (χ0v) is 11.4. The number of carbonyl (C=O) groups is 1. The van der Waals surface area contributed by atoms with Gasteiger partial charge < -0.3 is 14.4 Å². The van der Waals surface area contributed by atoms with Crippen LogP contribution in [-0.2, 0) is 14.3 Å². The molecule has 2 heterocycles. The van der Waals surface area contributed by atoms with Crippen LogP contribution in [0.3, 0.4) is 0 Å². The molecule has 0 aromatic rings. The molecular formula is C14H23NO3. The molecule has 0 unspecified atom stereocenters. The van der Waals surface area contributed by atoms with Gasteiger partial charge in [-0.3, -0.25) is 4.79 Å². The van der Waals surface area contributed by atoms with Gasteiger partial charge in [-0.1, -0.05) is 13.8 Å². The first-order valence-corrected chi connectivity index (χ1v) is 6.82. The summed E-state index contributed by atoms with van der Waals surface area (Å²) >= 11 is 0. The van der Waals surface area contributed by atoms with Gasteiger partial charge in [0.25, 0.3) is 0 Å². The molecule has 0 radical (unpaired) electrons. The molecule has 102 valence electrons. The summed E-state index contributed by atoms with van der Waals surface area (Å²) in [7, 11) is 1.84.